The molecule has 3 aromatic rings. The van der Waals surface area contributed by atoms with E-state index in [1.807, 2.05) is 30.3 Å². The maximum atomic E-state index is 13.3. The fourth-order valence-corrected chi connectivity index (χ4v) is 6.01. The Bertz CT molecular complexity index is 1290. The van der Waals surface area contributed by atoms with E-state index in [4.69, 9.17) is 25.8 Å². The van der Waals surface area contributed by atoms with E-state index in [-0.39, 0.29) is 11.0 Å². The highest BCUT2D eigenvalue weighted by atomic mass is 35.5. The number of ether oxygens (including phenoxy) is 3. The van der Waals surface area contributed by atoms with Crippen molar-refractivity contribution in [3.8, 4) is 11.5 Å². The second kappa shape index (κ2) is 12.3. The smallest absolute Gasteiger partial charge is 0.243 e. The molecule has 198 valence electrons. The van der Waals surface area contributed by atoms with Gasteiger partial charge in [0.25, 0.3) is 0 Å². The maximum absolute atomic E-state index is 13.3. The largest absolute Gasteiger partial charge is 0.493 e. The molecule has 0 amide bonds. The molecule has 0 aromatic heterocycles. The van der Waals surface area contributed by atoms with Gasteiger partial charge in [-0.2, -0.15) is 4.31 Å². The molecule has 1 fully saturated rings. The molecule has 1 atom stereocenters. The minimum atomic E-state index is -3.65. The van der Waals surface area contributed by atoms with E-state index in [1.54, 1.807) is 12.1 Å². The highest BCUT2D eigenvalue weighted by molar-refractivity contribution is 7.89. The summed E-state index contributed by atoms with van der Waals surface area (Å²) in [7, 11) is -0.641. The molecule has 0 N–H and O–H groups in total. The van der Waals surface area contributed by atoms with Crippen LogP contribution in [0.1, 0.15) is 22.8 Å². The summed E-state index contributed by atoms with van der Waals surface area (Å²) in [5.74, 6) is 0.879. The topological polar surface area (TPSA) is 68.3 Å². The monoisotopic (exact) mass is 544 g/mol. The molecule has 3 aromatic carbocycles. The molecule has 1 saturated heterocycles. The summed E-state index contributed by atoms with van der Waals surface area (Å²) in [4.78, 5) is 2.44. The van der Waals surface area contributed by atoms with Crippen LogP contribution in [0.3, 0.4) is 0 Å². The Morgan fingerprint density at radius 1 is 0.892 bits per heavy atom. The van der Waals surface area contributed by atoms with Gasteiger partial charge in [0.05, 0.1) is 31.8 Å². The van der Waals surface area contributed by atoms with Crippen LogP contribution >= 0.6 is 11.6 Å². The second-order valence-electron chi connectivity index (χ2n) is 9.06. The van der Waals surface area contributed by atoms with Gasteiger partial charge in [-0.15, -0.1) is 0 Å². The van der Waals surface area contributed by atoms with Crippen molar-refractivity contribution < 1.29 is 22.6 Å². The fraction of sp³-hybridized carbons (Fsp3) is 0.357. The van der Waals surface area contributed by atoms with Gasteiger partial charge in [0.15, 0.2) is 11.5 Å². The summed E-state index contributed by atoms with van der Waals surface area (Å²) in [6.45, 7) is 5.19. The number of methoxy groups -OCH3 is 2. The van der Waals surface area contributed by atoms with Crippen molar-refractivity contribution in [1.82, 2.24) is 9.21 Å². The third-order valence-corrected chi connectivity index (χ3v) is 8.67. The Hall–Kier alpha value is -2.62. The first kappa shape index (κ1) is 27.4. The van der Waals surface area contributed by atoms with Crippen molar-refractivity contribution >= 4 is 21.6 Å². The average molecular weight is 545 g/mol. The predicted octanol–water partition coefficient (Wildman–Crippen LogP) is 4.93. The summed E-state index contributed by atoms with van der Waals surface area (Å²) >= 11 is 6.12. The molecule has 0 bridgehead atoms. The lowest BCUT2D eigenvalue weighted by atomic mass is 10.1. The van der Waals surface area contributed by atoms with Crippen molar-refractivity contribution in [1.29, 1.82) is 0 Å². The van der Waals surface area contributed by atoms with Crippen LogP contribution < -0.4 is 9.47 Å². The van der Waals surface area contributed by atoms with Crippen LogP contribution in [0.5, 0.6) is 11.5 Å². The first-order chi connectivity index (χ1) is 17.8. The van der Waals surface area contributed by atoms with Crippen LogP contribution in [0.2, 0.25) is 5.02 Å². The molecule has 0 unspecified atom stereocenters. The lowest BCUT2D eigenvalue weighted by molar-refractivity contribution is 0.00771. The summed E-state index contributed by atoms with van der Waals surface area (Å²) in [6.07, 6.45) is -0.174. The molecule has 37 heavy (non-hydrogen) atoms. The number of sulfonamides is 1. The van der Waals surface area contributed by atoms with Crippen molar-refractivity contribution in [2.45, 2.75) is 24.5 Å². The van der Waals surface area contributed by atoms with Crippen LogP contribution in [0.4, 0.5) is 0 Å². The zero-order valence-corrected chi connectivity index (χ0v) is 23.0. The van der Waals surface area contributed by atoms with E-state index < -0.39 is 10.0 Å². The number of aryl methyl sites for hydroxylation is 1. The summed E-state index contributed by atoms with van der Waals surface area (Å²) in [5.41, 5.74) is 3.35. The Morgan fingerprint density at radius 3 is 2.24 bits per heavy atom. The van der Waals surface area contributed by atoms with Crippen LogP contribution in [0.25, 0.3) is 0 Å². The summed E-state index contributed by atoms with van der Waals surface area (Å²) in [6, 6.07) is 20.7. The Balaban J connectivity index is 1.43. The number of hydrogen-bond donors (Lipinski definition) is 0. The second-order valence-corrected chi connectivity index (χ2v) is 11.4. The SMILES string of the molecule is COc1ccc(S(=O)(=O)N2CCN(C[C@H](OCc3cccc(C)c3)c3ccc(Cl)cc3)CC2)cc1OC. The molecular weight excluding hydrogens is 512 g/mol. The van der Waals surface area contributed by atoms with Gasteiger partial charge < -0.3 is 14.2 Å². The molecule has 0 aliphatic carbocycles. The zero-order chi connectivity index (χ0) is 26.4. The van der Waals surface area contributed by atoms with E-state index in [0.717, 1.165) is 11.1 Å². The molecule has 4 rings (SSSR count). The normalized spacial score (nSPS) is 15.9. The van der Waals surface area contributed by atoms with Gasteiger partial charge >= 0.3 is 0 Å². The van der Waals surface area contributed by atoms with E-state index in [0.29, 0.717) is 55.9 Å². The average Bonchev–Trinajstić information content (AvgIpc) is 2.91. The van der Waals surface area contributed by atoms with Crippen molar-refractivity contribution in [3.05, 3.63) is 88.4 Å². The number of hydrogen-bond acceptors (Lipinski definition) is 6. The first-order valence-corrected chi connectivity index (χ1v) is 14.0. The molecule has 0 spiro atoms. The summed E-state index contributed by atoms with van der Waals surface area (Å²) in [5, 5.41) is 0.676. The van der Waals surface area contributed by atoms with Crippen molar-refractivity contribution in [2.24, 2.45) is 0 Å². The first-order valence-electron chi connectivity index (χ1n) is 12.2. The van der Waals surface area contributed by atoms with E-state index >= 15 is 0 Å². The van der Waals surface area contributed by atoms with Gasteiger partial charge in [-0.25, -0.2) is 8.42 Å². The van der Waals surface area contributed by atoms with Gasteiger partial charge in [0.1, 0.15) is 0 Å². The van der Waals surface area contributed by atoms with Gasteiger partial charge in [0, 0.05) is 43.8 Å². The number of nitrogens with zero attached hydrogens (tertiary/aromatic N) is 2. The van der Waals surface area contributed by atoms with Crippen molar-refractivity contribution in [3.63, 3.8) is 0 Å². The lowest BCUT2D eigenvalue weighted by Gasteiger charge is -2.36. The zero-order valence-electron chi connectivity index (χ0n) is 21.4. The van der Waals surface area contributed by atoms with E-state index in [2.05, 4.69) is 30.0 Å². The van der Waals surface area contributed by atoms with Gasteiger partial charge in [-0.1, -0.05) is 53.6 Å². The highest BCUT2D eigenvalue weighted by Gasteiger charge is 2.30. The Morgan fingerprint density at radius 2 is 1.59 bits per heavy atom. The fourth-order valence-electron chi connectivity index (χ4n) is 4.44. The van der Waals surface area contributed by atoms with Gasteiger partial charge in [-0.3, -0.25) is 4.90 Å². The maximum Gasteiger partial charge on any atom is 0.243 e. The quantitative estimate of drug-likeness (QED) is 0.360. The highest BCUT2D eigenvalue weighted by Crippen LogP contribution is 2.31. The Labute approximate surface area is 224 Å². The molecule has 7 nitrogen and oxygen atoms in total. The number of halogens is 1. The summed E-state index contributed by atoms with van der Waals surface area (Å²) < 4.78 is 45.0. The third kappa shape index (κ3) is 6.83. The van der Waals surface area contributed by atoms with Crippen LogP contribution in [-0.2, 0) is 21.4 Å². The van der Waals surface area contributed by atoms with Crippen LogP contribution in [-0.4, -0.2) is 64.6 Å². The van der Waals surface area contributed by atoms with Gasteiger partial charge in [-0.05, 0) is 42.3 Å². The minimum Gasteiger partial charge on any atom is -0.493 e. The van der Waals surface area contributed by atoms with Gasteiger partial charge in [0.2, 0.25) is 10.0 Å². The lowest BCUT2D eigenvalue weighted by Crippen LogP contribution is -2.49. The van der Waals surface area contributed by atoms with E-state index in [9.17, 15) is 8.42 Å². The van der Waals surface area contributed by atoms with E-state index in [1.165, 1.54) is 30.2 Å². The molecule has 1 aliphatic rings. The number of rotatable bonds is 10. The third-order valence-electron chi connectivity index (χ3n) is 6.52. The standard InChI is InChI=1S/C28H33ClN2O5S/c1-21-5-4-6-22(17-21)20-36-28(23-7-9-24(29)10-8-23)19-30-13-15-31(16-14-30)37(32,33)25-11-12-26(34-2)27(18-25)35-3/h4-12,17-18,28H,13-16,19-20H2,1-3H3/t28-/m0/s1. The number of piperazine rings is 1. The molecule has 1 heterocycles. The minimum absolute atomic E-state index is 0.174. The van der Waals surface area contributed by atoms with Crippen molar-refractivity contribution in [2.75, 3.05) is 46.9 Å². The number of benzene rings is 3. The van der Waals surface area contributed by atoms with Crippen LogP contribution in [0.15, 0.2) is 71.6 Å². The molecule has 9 heteroatoms. The molecular formula is C28H33ClN2O5S. The molecule has 0 saturated carbocycles. The Kier molecular flexibility index (Phi) is 9.10. The van der Waals surface area contributed by atoms with Crippen LogP contribution in [0, 0.1) is 6.92 Å². The molecule has 0 radical (unpaired) electrons. The molecule has 1 aliphatic heterocycles. The predicted molar refractivity (Wildman–Crippen MR) is 145 cm³/mol.